The molecule has 0 saturated carbocycles. The number of furan rings is 1. The van der Waals surface area contributed by atoms with E-state index in [1.165, 1.54) is 0 Å². The van der Waals surface area contributed by atoms with Gasteiger partial charge in [-0.25, -0.2) is 4.79 Å². The lowest BCUT2D eigenvalue weighted by molar-refractivity contribution is -0.134. The molecule has 1 N–H and O–H groups in total. The summed E-state index contributed by atoms with van der Waals surface area (Å²) in [4.78, 5) is 41.6. The van der Waals surface area contributed by atoms with Crippen LogP contribution in [0, 0.1) is 0 Å². The first-order valence-electron chi connectivity index (χ1n) is 9.91. The number of carbonyl (C=O) groups excluding carboxylic acids is 3. The largest absolute Gasteiger partial charge is 0.458 e. The lowest BCUT2D eigenvalue weighted by Crippen LogP contribution is -2.46. The molecule has 4 amide bonds. The second kappa shape index (κ2) is 6.45. The Hall–Kier alpha value is -3.61. The topological polar surface area (TPSA) is 82.9 Å². The van der Waals surface area contributed by atoms with Gasteiger partial charge in [0.05, 0.1) is 0 Å². The Labute approximate surface area is 173 Å². The number of carbonyl (C=O) groups is 3. The zero-order valence-electron chi connectivity index (χ0n) is 16.7. The van der Waals surface area contributed by atoms with E-state index in [0.717, 1.165) is 28.0 Å². The SMILES string of the molecule is C[C@H]1Cc2ccccc2N1C(=O)CN1C(=O)N[C@@](C)(c2cc3ccccc3o2)C1=O. The van der Waals surface area contributed by atoms with Gasteiger partial charge in [-0.3, -0.25) is 14.5 Å². The van der Waals surface area contributed by atoms with Crippen molar-refractivity contribution in [1.29, 1.82) is 0 Å². The van der Waals surface area contributed by atoms with Gasteiger partial charge >= 0.3 is 6.03 Å². The molecule has 2 aliphatic rings. The molecule has 1 fully saturated rings. The standard InChI is InChI=1S/C23H21N3O4/c1-14-11-15-7-3-5-9-17(15)26(14)20(27)13-25-21(28)23(2,24-22(25)29)19-12-16-8-4-6-10-18(16)30-19/h3-10,12,14H,11,13H2,1-2H3,(H,24,29)/t14-,23-/m0/s1. The van der Waals surface area contributed by atoms with Crippen molar-refractivity contribution in [3.63, 3.8) is 0 Å². The van der Waals surface area contributed by atoms with Crippen LogP contribution in [0.2, 0.25) is 0 Å². The molecule has 152 valence electrons. The van der Waals surface area contributed by atoms with Crippen LogP contribution in [0.15, 0.2) is 59.0 Å². The summed E-state index contributed by atoms with van der Waals surface area (Å²) in [5.74, 6) is -0.443. The molecule has 1 aromatic heterocycles. The van der Waals surface area contributed by atoms with Crippen LogP contribution in [0.25, 0.3) is 11.0 Å². The summed E-state index contributed by atoms with van der Waals surface area (Å²) in [6.07, 6.45) is 0.749. The Morgan fingerprint density at radius 3 is 2.70 bits per heavy atom. The van der Waals surface area contributed by atoms with E-state index in [1.54, 1.807) is 24.0 Å². The molecule has 7 nitrogen and oxygen atoms in total. The fraction of sp³-hybridized carbons (Fsp3) is 0.261. The number of benzene rings is 2. The number of anilines is 1. The van der Waals surface area contributed by atoms with E-state index < -0.39 is 17.5 Å². The first kappa shape index (κ1) is 18.4. The third kappa shape index (κ3) is 2.62. The van der Waals surface area contributed by atoms with Gasteiger partial charge in [0, 0.05) is 17.1 Å². The molecule has 3 aromatic rings. The molecule has 2 aromatic carbocycles. The number of hydrogen-bond acceptors (Lipinski definition) is 4. The van der Waals surface area contributed by atoms with E-state index in [0.29, 0.717) is 11.3 Å². The second-order valence-electron chi connectivity index (χ2n) is 8.04. The number of imide groups is 1. The minimum Gasteiger partial charge on any atom is -0.458 e. The van der Waals surface area contributed by atoms with Gasteiger partial charge in [0.25, 0.3) is 5.91 Å². The smallest absolute Gasteiger partial charge is 0.325 e. The van der Waals surface area contributed by atoms with Gasteiger partial charge < -0.3 is 14.6 Å². The van der Waals surface area contributed by atoms with Crippen molar-refractivity contribution in [1.82, 2.24) is 10.2 Å². The van der Waals surface area contributed by atoms with Crippen molar-refractivity contribution >= 4 is 34.5 Å². The van der Waals surface area contributed by atoms with Crippen molar-refractivity contribution in [3.8, 4) is 0 Å². The van der Waals surface area contributed by atoms with Crippen LogP contribution in [0.3, 0.4) is 0 Å². The van der Waals surface area contributed by atoms with Gasteiger partial charge in [0.2, 0.25) is 5.91 Å². The van der Waals surface area contributed by atoms with Gasteiger partial charge in [0.15, 0.2) is 5.54 Å². The quantitative estimate of drug-likeness (QED) is 0.681. The number of nitrogens with zero attached hydrogens (tertiary/aromatic N) is 2. The van der Waals surface area contributed by atoms with E-state index in [-0.39, 0.29) is 18.5 Å². The second-order valence-corrected chi connectivity index (χ2v) is 8.04. The van der Waals surface area contributed by atoms with Gasteiger partial charge in [-0.15, -0.1) is 0 Å². The highest BCUT2D eigenvalue weighted by molar-refractivity contribution is 6.11. The zero-order valence-corrected chi connectivity index (χ0v) is 16.7. The lowest BCUT2D eigenvalue weighted by atomic mass is 9.99. The maximum atomic E-state index is 13.2. The van der Waals surface area contributed by atoms with Crippen LogP contribution in [0.1, 0.15) is 25.2 Å². The molecule has 0 aliphatic carbocycles. The molecule has 3 heterocycles. The molecular formula is C23H21N3O4. The van der Waals surface area contributed by atoms with E-state index in [1.807, 2.05) is 49.4 Å². The Bertz CT molecular complexity index is 1170. The van der Waals surface area contributed by atoms with E-state index >= 15 is 0 Å². The molecular weight excluding hydrogens is 382 g/mol. The first-order valence-corrected chi connectivity index (χ1v) is 9.91. The summed E-state index contributed by atoms with van der Waals surface area (Å²) < 4.78 is 5.83. The highest BCUT2D eigenvalue weighted by atomic mass is 16.3. The maximum Gasteiger partial charge on any atom is 0.325 e. The summed E-state index contributed by atoms with van der Waals surface area (Å²) in [5.41, 5.74) is 1.20. The van der Waals surface area contributed by atoms with Gasteiger partial charge in [-0.1, -0.05) is 36.4 Å². The number of amides is 4. The van der Waals surface area contributed by atoms with Crippen LogP contribution in [0.5, 0.6) is 0 Å². The van der Waals surface area contributed by atoms with Crippen LogP contribution in [-0.2, 0) is 21.5 Å². The number of para-hydroxylation sites is 2. The summed E-state index contributed by atoms with van der Waals surface area (Å²) >= 11 is 0. The van der Waals surface area contributed by atoms with Crippen LogP contribution < -0.4 is 10.2 Å². The molecule has 0 bridgehead atoms. The van der Waals surface area contributed by atoms with Gasteiger partial charge in [-0.2, -0.15) is 0 Å². The molecule has 1 saturated heterocycles. The normalized spacial score (nSPS) is 23.2. The summed E-state index contributed by atoms with van der Waals surface area (Å²) in [7, 11) is 0. The highest BCUT2D eigenvalue weighted by Crippen LogP contribution is 2.35. The van der Waals surface area contributed by atoms with E-state index in [2.05, 4.69) is 5.32 Å². The van der Waals surface area contributed by atoms with E-state index in [4.69, 9.17) is 4.42 Å². The molecule has 2 atom stereocenters. The Morgan fingerprint density at radius 2 is 1.90 bits per heavy atom. The van der Waals surface area contributed by atoms with Crippen molar-refractivity contribution < 1.29 is 18.8 Å². The first-order chi connectivity index (χ1) is 14.4. The molecule has 2 aliphatic heterocycles. The van der Waals surface area contributed by atoms with Crippen molar-refractivity contribution in [3.05, 3.63) is 65.9 Å². The fourth-order valence-electron chi connectivity index (χ4n) is 4.39. The molecule has 7 heteroatoms. The predicted octanol–water partition coefficient (Wildman–Crippen LogP) is 3.18. The lowest BCUT2D eigenvalue weighted by Gasteiger charge is -2.25. The van der Waals surface area contributed by atoms with Gasteiger partial charge in [-0.05, 0) is 44.0 Å². The average Bonchev–Trinajstić information content (AvgIpc) is 3.36. The zero-order chi connectivity index (χ0) is 21.0. The minimum absolute atomic E-state index is 0.0302. The Balaban J connectivity index is 1.41. The summed E-state index contributed by atoms with van der Waals surface area (Å²) in [6, 6.07) is 16.2. The number of rotatable bonds is 3. The van der Waals surface area contributed by atoms with Crippen molar-refractivity contribution in [2.45, 2.75) is 31.8 Å². The minimum atomic E-state index is -1.36. The highest BCUT2D eigenvalue weighted by Gasteiger charge is 2.52. The third-order valence-corrected chi connectivity index (χ3v) is 5.96. The summed E-state index contributed by atoms with van der Waals surface area (Å²) in [5, 5.41) is 3.55. The number of urea groups is 1. The molecule has 0 spiro atoms. The average molecular weight is 403 g/mol. The van der Waals surface area contributed by atoms with Gasteiger partial charge in [0.1, 0.15) is 17.9 Å². The fourth-order valence-corrected chi connectivity index (χ4v) is 4.39. The van der Waals surface area contributed by atoms with Crippen LogP contribution >= 0.6 is 0 Å². The number of fused-ring (bicyclic) bond motifs is 2. The molecule has 30 heavy (non-hydrogen) atoms. The monoisotopic (exact) mass is 403 g/mol. The number of hydrogen-bond donors (Lipinski definition) is 1. The molecule has 0 radical (unpaired) electrons. The third-order valence-electron chi connectivity index (χ3n) is 5.96. The van der Waals surface area contributed by atoms with E-state index in [9.17, 15) is 14.4 Å². The number of nitrogens with one attached hydrogen (secondary N) is 1. The predicted molar refractivity (Wildman–Crippen MR) is 111 cm³/mol. The Kier molecular flexibility index (Phi) is 3.96. The van der Waals surface area contributed by atoms with Crippen molar-refractivity contribution in [2.24, 2.45) is 0 Å². The molecule has 5 rings (SSSR count). The Morgan fingerprint density at radius 1 is 1.17 bits per heavy atom. The summed E-state index contributed by atoms with van der Waals surface area (Å²) in [6.45, 7) is 3.24. The van der Waals surface area contributed by atoms with Crippen LogP contribution in [0.4, 0.5) is 10.5 Å². The maximum absolute atomic E-state index is 13.2. The van der Waals surface area contributed by atoms with Crippen LogP contribution in [-0.4, -0.2) is 35.3 Å². The van der Waals surface area contributed by atoms with Crippen molar-refractivity contribution in [2.75, 3.05) is 11.4 Å². The molecule has 0 unspecified atom stereocenters.